The zero-order valence-electron chi connectivity index (χ0n) is 12.3. The van der Waals surface area contributed by atoms with E-state index in [-0.39, 0.29) is 5.76 Å². The number of aliphatic hydroxyl groups is 1. The fourth-order valence-electron chi connectivity index (χ4n) is 2.09. The Morgan fingerprint density at radius 2 is 1.77 bits per heavy atom. The SMILES string of the molecule is C=C(O)c1ccc(-c2nnn(Cc3ccc(C)cc3)n2)cc1. The van der Waals surface area contributed by atoms with Crippen LogP contribution in [0.1, 0.15) is 16.7 Å². The molecular weight excluding hydrogens is 276 g/mol. The van der Waals surface area contributed by atoms with Crippen LogP contribution in [0.2, 0.25) is 0 Å². The lowest BCUT2D eigenvalue weighted by atomic mass is 10.1. The van der Waals surface area contributed by atoms with Crippen molar-refractivity contribution in [2.24, 2.45) is 0 Å². The second-order valence-corrected chi connectivity index (χ2v) is 5.15. The highest BCUT2D eigenvalue weighted by Crippen LogP contribution is 2.17. The van der Waals surface area contributed by atoms with Gasteiger partial charge in [-0.1, -0.05) is 60.7 Å². The van der Waals surface area contributed by atoms with Crippen LogP contribution in [0.4, 0.5) is 0 Å². The Bertz CT molecular complexity index is 788. The molecular formula is C17H16N4O. The predicted molar refractivity (Wildman–Crippen MR) is 85.2 cm³/mol. The molecule has 110 valence electrons. The molecule has 0 fully saturated rings. The van der Waals surface area contributed by atoms with Crippen molar-refractivity contribution in [1.82, 2.24) is 20.2 Å². The fraction of sp³-hybridized carbons (Fsp3) is 0.118. The third kappa shape index (κ3) is 3.03. The van der Waals surface area contributed by atoms with E-state index in [1.807, 2.05) is 12.1 Å². The van der Waals surface area contributed by atoms with E-state index in [2.05, 4.69) is 53.2 Å². The lowest BCUT2D eigenvalue weighted by molar-refractivity contribution is 0.514. The Kier molecular flexibility index (Phi) is 3.70. The Balaban J connectivity index is 1.78. The van der Waals surface area contributed by atoms with Gasteiger partial charge in [0.2, 0.25) is 5.82 Å². The van der Waals surface area contributed by atoms with E-state index >= 15 is 0 Å². The summed E-state index contributed by atoms with van der Waals surface area (Å²) in [6, 6.07) is 15.5. The minimum Gasteiger partial charge on any atom is -0.508 e. The maximum atomic E-state index is 9.33. The largest absolute Gasteiger partial charge is 0.508 e. The number of aryl methyl sites for hydroxylation is 1. The first kappa shape index (κ1) is 14.0. The topological polar surface area (TPSA) is 63.8 Å². The summed E-state index contributed by atoms with van der Waals surface area (Å²) < 4.78 is 0. The molecule has 0 radical (unpaired) electrons. The third-order valence-corrected chi connectivity index (χ3v) is 3.37. The average molecular weight is 292 g/mol. The molecule has 1 aromatic heterocycles. The Labute approximate surface area is 128 Å². The molecule has 2 aromatic carbocycles. The van der Waals surface area contributed by atoms with Gasteiger partial charge in [0.1, 0.15) is 5.76 Å². The number of hydrogen-bond donors (Lipinski definition) is 1. The van der Waals surface area contributed by atoms with E-state index in [1.54, 1.807) is 16.9 Å². The molecule has 3 rings (SSSR count). The second-order valence-electron chi connectivity index (χ2n) is 5.15. The summed E-state index contributed by atoms with van der Waals surface area (Å²) in [6.45, 7) is 6.13. The summed E-state index contributed by atoms with van der Waals surface area (Å²) in [7, 11) is 0. The molecule has 0 aliphatic heterocycles. The van der Waals surface area contributed by atoms with Crippen LogP contribution in [0.3, 0.4) is 0 Å². The molecule has 1 heterocycles. The molecule has 0 saturated heterocycles. The van der Waals surface area contributed by atoms with Crippen LogP contribution >= 0.6 is 0 Å². The van der Waals surface area contributed by atoms with Gasteiger partial charge in [-0.2, -0.15) is 4.80 Å². The van der Waals surface area contributed by atoms with E-state index in [9.17, 15) is 5.11 Å². The highest BCUT2D eigenvalue weighted by atomic mass is 16.3. The second kappa shape index (κ2) is 5.81. The van der Waals surface area contributed by atoms with E-state index in [4.69, 9.17) is 0 Å². The molecule has 0 atom stereocenters. The van der Waals surface area contributed by atoms with E-state index in [0.29, 0.717) is 17.9 Å². The number of benzene rings is 2. The van der Waals surface area contributed by atoms with Crippen molar-refractivity contribution in [1.29, 1.82) is 0 Å². The fourth-order valence-corrected chi connectivity index (χ4v) is 2.09. The summed E-state index contributed by atoms with van der Waals surface area (Å²) in [5, 5.41) is 21.9. The van der Waals surface area contributed by atoms with Crippen LogP contribution in [0.15, 0.2) is 55.1 Å². The molecule has 0 aliphatic rings. The lowest BCUT2D eigenvalue weighted by Gasteiger charge is -2.00. The van der Waals surface area contributed by atoms with Crippen molar-refractivity contribution >= 4 is 5.76 Å². The van der Waals surface area contributed by atoms with E-state index in [1.165, 1.54) is 5.56 Å². The van der Waals surface area contributed by atoms with E-state index < -0.39 is 0 Å². The predicted octanol–water partition coefficient (Wildman–Crippen LogP) is 3.23. The molecule has 22 heavy (non-hydrogen) atoms. The molecule has 0 bridgehead atoms. The standard InChI is InChI=1S/C17H16N4O/c1-12-3-5-14(6-4-12)11-21-19-17(18-20-21)16-9-7-15(8-10-16)13(2)22/h3-10,22H,2,11H2,1H3. The first-order valence-electron chi connectivity index (χ1n) is 6.94. The molecule has 0 aliphatic carbocycles. The number of hydrogen-bond acceptors (Lipinski definition) is 4. The van der Waals surface area contributed by atoms with Gasteiger partial charge in [-0.25, -0.2) is 0 Å². The molecule has 0 spiro atoms. The van der Waals surface area contributed by atoms with Gasteiger partial charge >= 0.3 is 0 Å². The van der Waals surface area contributed by atoms with Crippen LogP contribution in [-0.4, -0.2) is 25.3 Å². The lowest BCUT2D eigenvalue weighted by Crippen LogP contribution is -2.03. The summed E-state index contributed by atoms with van der Waals surface area (Å²) in [5.41, 5.74) is 3.87. The van der Waals surface area contributed by atoms with Crippen molar-refractivity contribution in [3.05, 3.63) is 71.8 Å². The molecule has 3 aromatic rings. The first-order valence-corrected chi connectivity index (χ1v) is 6.94. The Hall–Kier alpha value is -2.95. The minimum absolute atomic E-state index is 0.0440. The quantitative estimate of drug-likeness (QED) is 0.750. The van der Waals surface area contributed by atoms with Crippen molar-refractivity contribution in [3.8, 4) is 11.4 Å². The van der Waals surface area contributed by atoms with Crippen LogP contribution < -0.4 is 0 Å². The number of aromatic nitrogens is 4. The van der Waals surface area contributed by atoms with Crippen LogP contribution in [-0.2, 0) is 6.54 Å². The van der Waals surface area contributed by atoms with Gasteiger partial charge in [0.15, 0.2) is 0 Å². The number of aliphatic hydroxyl groups excluding tert-OH is 1. The summed E-state index contributed by atoms with van der Waals surface area (Å²) >= 11 is 0. The minimum atomic E-state index is 0.0440. The van der Waals surface area contributed by atoms with Gasteiger partial charge in [-0.15, -0.1) is 10.2 Å². The maximum absolute atomic E-state index is 9.33. The molecule has 0 amide bonds. The molecule has 0 saturated carbocycles. The first-order chi connectivity index (χ1) is 10.6. The Morgan fingerprint density at radius 1 is 1.09 bits per heavy atom. The van der Waals surface area contributed by atoms with Crippen LogP contribution in [0.25, 0.3) is 17.1 Å². The smallest absolute Gasteiger partial charge is 0.204 e. The average Bonchev–Trinajstić information content (AvgIpc) is 2.98. The highest BCUT2D eigenvalue weighted by Gasteiger charge is 2.07. The van der Waals surface area contributed by atoms with Gasteiger partial charge in [0.25, 0.3) is 0 Å². The van der Waals surface area contributed by atoms with Gasteiger partial charge in [-0.05, 0) is 17.7 Å². The molecule has 5 heteroatoms. The summed E-state index contributed by atoms with van der Waals surface area (Å²) in [6.07, 6.45) is 0. The maximum Gasteiger partial charge on any atom is 0.204 e. The molecule has 1 N–H and O–H groups in total. The zero-order chi connectivity index (χ0) is 15.5. The number of rotatable bonds is 4. The van der Waals surface area contributed by atoms with Crippen LogP contribution in [0, 0.1) is 6.92 Å². The van der Waals surface area contributed by atoms with Gasteiger partial charge < -0.3 is 5.11 Å². The van der Waals surface area contributed by atoms with Gasteiger partial charge in [-0.3, -0.25) is 0 Å². The normalized spacial score (nSPS) is 10.6. The van der Waals surface area contributed by atoms with Crippen molar-refractivity contribution in [2.45, 2.75) is 13.5 Å². The highest BCUT2D eigenvalue weighted by molar-refractivity contribution is 5.62. The number of tetrazole rings is 1. The zero-order valence-corrected chi connectivity index (χ0v) is 12.3. The molecule has 5 nitrogen and oxygen atoms in total. The third-order valence-electron chi connectivity index (χ3n) is 3.37. The van der Waals surface area contributed by atoms with E-state index in [0.717, 1.165) is 11.1 Å². The van der Waals surface area contributed by atoms with Gasteiger partial charge in [0.05, 0.1) is 6.54 Å². The summed E-state index contributed by atoms with van der Waals surface area (Å²) in [4.78, 5) is 1.57. The van der Waals surface area contributed by atoms with Gasteiger partial charge in [0, 0.05) is 11.1 Å². The number of nitrogens with zero attached hydrogens (tertiary/aromatic N) is 4. The molecule has 0 unspecified atom stereocenters. The Morgan fingerprint density at radius 3 is 2.41 bits per heavy atom. The summed E-state index contributed by atoms with van der Waals surface area (Å²) in [5.74, 6) is 0.602. The van der Waals surface area contributed by atoms with Crippen molar-refractivity contribution in [2.75, 3.05) is 0 Å². The van der Waals surface area contributed by atoms with Crippen LogP contribution in [0.5, 0.6) is 0 Å². The van der Waals surface area contributed by atoms with Crippen molar-refractivity contribution in [3.63, 3.8) is 0 Å². The monoisotopic (exact) mass is 292 g/mol. The van der Waals surface area contributed by atoms with Crippen molar-refractivity contribution < 1.29 is 5.11 Å².